The summed E-state index contributed by atoms with van der Waals surface area (Å²) in [5.74, 6) is -0.806. The second kappa shape index (κ2) is 10.8. The van der Waals surface area contributed by atoms with Crippen LogP contribution in [0.1, 0.15) is 31.9 Å². The van der Waals surface area contributed by atoms with E-state index < -0.39 is 28.5 Å². The SMILES string of the molecule is Cc1ccc(Cl)cc1N(CC(=O)N(Cc1ccccc1)[C@@H](C)C(=O)NC(C)C)S(C)(=O)=O. The lowest BCUT2D eigenvalue weighted by Gasteiger charge is -2.32. The molecule has 0 radical (unpaired) electrons. The van der Waals surface area contributed by atoms with Crippen molar-refractivity contribution in [2.24, 2.45) is 0 Å². The fraction of sp³-hybridized carbons (Fsp3) is 0.391. The van der Waals surface area contributed by atoms with Crippen LogP contribution in [0.15, 0.2) is 48.5 Å². The van der Waals surface area contributed by atoms with Crippen LogP contribution in [0.3, 0.4) is 0 Å². The molecule has 0 aliphatic rings. The number of sulfonamides is 1. The third-order valence-electron chi connectivity index (χ3n) is 4.91. The van der Waals surface area contributed by atoms with Crippen LogP contribution < -0.4 is 9.62 Å². The highest BCUT2D eigenvalue weighted by molar-refractivity contribution is 7.92. The van der Waals surface area contributed by atoms with Crippen LogP contribution in [-0.4, -0.2) is 50.0 Å². The smallest absolute Gasteiger partial charge is 0.244 e. The second-order valence-electron chi connectivity index (χ2n) is 8.05. The second-order valence-corrected chi connectivity index (χ2v) is 10.4. The Morgan fingerprint density at radius 2 is 1.69 bits per heavy atom. The van der Waals surface area contributed by atoms with Crippen LogP contribution in [0.25, 0.3) is 0 Å². The first kappa shape index (κ1) is 25.7. The molecule has 2 rings (SSSR count). The fourth-order valence-corrected chi connectivity index (χ4v) is 4.28. The zero-order valence-electron chi connectivity index (χ0n) is 19.0. The van der Waals surface area contributed by atoms with Crippen molar-refractivity contribution in [2.45, 2.75) is 46.3 Å². The number of aryl methyl sites for hydroxylation is 1. The summed E-state index contributed by atoms with van der Waals surface area (Å²) in [5, 5.41) is 3.17. The molecule has 0 aliphatic heterocycles. The number of nitrogens with one attached hydrogen (secondary N) is 1. The van der Waals surface area contributed by atoms with Crippen LogP contribution in [0.5, 0.6) is 0 Å². The molecule has 7 nitrogen and oxygen atoms in total. The number of hydrogen-bond donors (Lipinski definition) is 1. The summed E-state index contributed by atoms with van der Waals surface area (Å²) >= 11 is 6.09. The number of anilines is 1. The summed E-state index contributed by atoms with van der Waals surface area (Å²) in [7, 11) is -3.80. The molecule has 2 amide bonds. The van der Waals surface area contributed by atoms with E-state index in [4.69, 9.17) is 11.6 Å². The summed E-state index contributed by atoms with van der Waals surface area (Å²) in [6.45, 7) is 6.76. The Labute approximate surface area is 195 Å². The fourth-order valence-electron chi connectivity index (χ4n) is 3.21. The molecule has 0 fully saturated rings. The molecule has 0 bridgehead atoms. The highest BCUT2D eigenvalue weighted by Crippen LogP contribution is 2.26. The van der Waals surface area contributed by atoms with Gasteiger partial charge in [-0.25, -0.2) is 8.42 Å². The number of amides is 2. The summed E-state index contributed by atoms with van der Waals surface area (Å²) in [6.07, 6.45) is 1.04. The van der Waals surface area contributed by atoms with E-state index in [1.165, 1.54) is 11.0 Å². The Kier molecular flexibility index (Phi) is 8.69. The predicted octanol–water partition coefficient (Wildman–Crippen LogP) is 3.36. The number of hydrogen-bond acceptors (Lipinski definition) is 4. The molecule has 0 spiro atoms. The Balaban J connectivity index is 2.41. The molecule has 1 atom stereocenters. The van der Waals surface area contributed by atoms with Crippen molar-refractivity contribution in [2.75, 3.05) is 17.1 Å². The van der Waals surface area contributed by atoms with Gasteiger partial charge in [-0.05, 0) is 51.0 Å². The summed E-state index contributed by atoms with van der Waals surface area (Å²) < 4.78 is 26.2. The molecule has 0 saturated heterocycles. The molecular formula is C23H30ClN3O4S. The van der Waals surface area contributed by atoms with Crippen LogP contribution in [0.2, 0.25) is 5.02 Å². The van der Waals surface area contributed by atoms with Gasteiger partial charge in [-0.1, -0.05) is 48.0 Å². The molecule has 174 valence electrons. The molecular weight excluding hydrogens is 450 g/mol. The summed E-state index contributed by atoms with van der Waals surface area (Å²) in [4.78, 5) is 27.5. The normalized spacial score (nSPS) is 12.3. The van der Waals surface area contributed by atoms with Gasteiger partial charge in [-0.2, -0.15) is 0 Å². The van der Waals surface area contributed by atoms with E-state index in [0.29, 0.717) is 16.3 Å². The third kappa shape index (κ3) is 6.97. The maximum atomic E-state index is 13.4. The Morgan fingerprint density at radius 3 is 2.25 bits per heavy atom. The maximum absolute atomic E-state index is 13.4. The van der Waals surface area contributed by atoms with Crippen LogP contribution in [-0.2, 0) is 26.2 Å². The molecule has 2 aromatic carbocycles. The van der Waals surface area contributed by atoms with Crippen molar-refractivity contribution in [1.82, 2.24) is 10.2 Å². The van der Waals surface area contributed by atoms with Crippen molar-refractivity contribution in [3.8, 4) is 0 Å². The van der Waals surface area contributed by atoms with E-state index in [1.807, 2.05) is 44.2 Å². The average Bonchev–Trinajstić information content (AvgIpc) is 2.71. The van der Waals surface area contributed by atoms with E-state index in [9.17, 15) is 18.0 Å². The number of rotatable bonds is 9. The molecule has 0 saturated carbocycles. The molecule has 0 aromatic heterocycles. The highest BCUT2D eigenvalue weighted by atomic mass is 35.5. The molecule has 0 aliphatic carbocycles. The highest BCUT2D eigenvalue weighted by Gasteiger charge is 2.30. The first-order valence-electron chi connectivity index (χ1n) is 10.3. The van der Waals surface area contributed by atoms with Gasteiger partial charge in [0.05, 0.1) is 11.9 Å². The van der Waals surface area contributed by atoms with Gasteiger partial charge in [-0.15, -0.1) is 0 Å². The van der Waals surface area contributed by atoms with E-state index in [1.54, 1.807) is 26.0 Å². The van der Waals surface area contributed by atoms with E-state index in [2.05, 4.69) is 5.32 Å². The molecule has 0 unspecified atom stereocenters. The first-order chi connectivity index (χ1) is 14.9. The number of carbonyl (C=O) groups excluding carboxylic acids is 2. The van der Waals surface area contributed by atoms with Gasteiger partial charge in [0.25, 0.3) is 0 Å². The average molecular weight is 480 g/mol. The number of halogens is 1. The summed E-state index contributed by atoms with van der Waals surface area (Å²) in [6, 6.07) is 13.2. The first-order valence-corrected chi connectivity index (χ1v) is 12.5. The Bertz CT molecular complexity index is 1060. The molecule has 0 heterocycles. The molecule has 1 N–H and O–H groups in total. The van der Waals surface area contributed by atoms with Crippen LogP contribution in [0.4, 0.5) is 5.69 Å². The Hall–Kier alpha value is -2.58. The third-order valence-corrected chi connectivity index (χ3v) is 6.27. The maximum Gasteiger partial charge on any atom is 0.244 e. The van der Waals surface area contributed by atoms with E-state index >= 15 is 0 Å². The van der Waals surface area contributed by atoms with Gasteiger partial charge in [0, 0.05) is 17.6 Å². The zero-order chi connectivity index (χ0) is 24.1. The minimum atomic E-state index is -3.80. The zero-order valence-corrected chi connectivity index (χ0v) is 20.6. The molecule has 32 heavy (non-hydrogen) atoms. The quantitative estimate of drug-likeness (QED) is 0.597. The molecule has 9 heteroatoms. The number of carbonyl (C=O) groups is 2. The van der Waals surface area contributed by atoms with Crippen LogP contribution >= 0.6 is 11.6 Å². The lowest BCUT2D eigenvalue weighted by atomic mass is 10.1. The van der Waals surface area contributed by atoms with Crippen molar-refractivity contribution >= 4 is 39.1 Å². The standard InChI is InChI=1S/C23H30ClN3O4S/c1-16(2)25-23(29)18(4)26(14-19-9-7-6-8-10-19)22(28)15-27(32(5,30)31)21-13-20(24)12-11-17(21)3/h6-13,16,18H,14-15H2,1-5H3,(H,25,29)/t18-/m0/s1. The summed E-state index contributed by atoms with van der Waals surface area (Å²) in [5.41, 5.74) is 1.81. The van der Waals surface area contributed by atoms with Gasteiger partial charge in [0.15, 0.2) is 0 Å². The van der Waals surface area contributed by atoms with Gasteiger partial charge in [0.1, 0.15) is 12.6 Å². The molecule has 2 aromatic rings. The number of nitrogens with zero attached hydrogens (tertiary/aromatic N) is 2. The predicted molar refractivity (Wildman–Crippen MR) is 128 cm³/mol. The van der Waals surface area contributed by atoms with Crippen molar-refractivity contribution in [3.05, 3.63) is 64.7 Å². The van der Waals surface area contributed by atoms with Gasteiger partial charge in [-0.3, -0.25) is 13.9 Å². The van der Waals surface area contributed by atoms with Gasteiger partial charge in [0.2, 0.25) is 21.8 Å². The monoisotopic (exact) mass is 479 g/mol. The van der Waals surface area contributed by atoms with Crippen molar-refractivity contribution < 1.29 is 18.0 Å². The largest absolute Gasteiger partial charge is 0.352 e. The Morgan fingerprint density at radius 1 is 1.06 bits per heavy atom. The van der Waals surface area contributed by atoms with E-state index in [-0.39, 0.29) is 18.5 Å². The van der Waals surface area contributed by atoms with Gasteiger partial charge < -0.3 is 10.2 Å². The lowest BCUT2D eigenvalue weighted by Crippen LogP contribution is -2.52. The van der Waals surface area contributed by atoms with Gasteiger partial charge >= 0.3 is 0 Å². The minimum Gasteiger partial charge on any atom is -0.352 e. The van der Waals surface area contributed by atoms with Crippen molar-refractivity contribution in [3.63, 3.8) is 0 Å². The van der Waals surface area contributed by atoms with Crippen LogP contribution in [0, 0.1) is 6.92 Å². The number of benzene rings is 2. The van der Waals surface area contributed by atoms with Crippen molar-refractivity contribution in [1.29, 1.82) is 0 Å². The minimum absolute atomic E-state index is 0.0970. The van der Waals surface area contributed by atoms with E-state index in [0.717, 1.165) is 16.1 Å². The lowest BCUT2D eigenvalue weighted by molar-refractivity contribution is -0.139. The topological polar surface area (TPSA) is 86.8 Å².